The monoisotopic (exact) mass is 166 g/mol. The number of rotatable bonds is 4. The second kappa shape index (κ2) is 3.97. The molecule has 2 nitrogen and oxygen atoms in total. The zero-order valence-electron chi connectivity index (χ0n) is 7.27. The van der Waals surface area contributed by atoms with Crippen LogP contribution in [0, 0.1) is 0 Å². The summed E-state index contributed by atoms with van der Waals surface area (Å²) in [7, 11) is 1.65. The Morgan fingerprint density at radius 3 is 2.27 bits per heavy atom. The van der Waals surface area contributed by atoms with Crippen molar-refractivity contribution in [1.82, 2.24) is 4.90 Å². The van der Waals surface area contributed by atoms with Gasteiger partial charge in [0.1, 0.15) is 0 Å². The van der Waals surface area contributed by atoms with E-state index >= 15 is 0 Å². The van der Waals surface area contributed by atoms with Crippen LogP contribution in [0.4, 0.5) is 8.78 Å². The highest BCUT2D eigenvalue weighted by molar-refractivity contribution is 4.78. The van der Waals surface area contributed by atoms with E-state index in [0.29, 0.717) is 6.54 Å². The Balaban J connectivity index is 3.90. The average Bonchev–Trinajstić information content (AvgIpc) is 1.86. The van der Waals surface area contributed by atoms with Crippen molar-refractivity contribution < 1.29 is 8.78 Å². The standard InChI is InChI=1S/C7H16F2N2/c1-4-11(3)5-7(8,9)6(2)10/h6H,4-5,10H2,1-3H3. The molecule has 0 bridgehead atoms. The fourth-order valence-electron chi connectivity index (χ4n) is 0.616. The van der Waals surface area contributed by atoms with Crippen LogP contribution in [0.1, 0.15) is 13.8 Å². The van der Waals surface area contributed by atoms with Crippen molar-refractivity contribution in [3.8, 4) is 0 Å². The molecule has 0 aromatic heterocycles. The van der Waals surface area contributed by atoms with E-state index in [1.54, 1.807) is 11.9 Å². The Morgan fingerprint density at radius 2 is 2.00 bits per heavy atom. The van der Waals surface area contributed by atoms with E-state index in [0.717, 1.165) is 0 Å². The molecular formula is C7H16F2N2. The highest BCUT2D eigenvalue weighted by atomic mass is 19.3. The van der Waals surface area contributed by atoms with E-state index in [9.17, 15) is 8.78 Å². The molecule has 0 spiro atoms. The van der Waals surface area contributed by atoms with Crippen LogP contribution in [0.2, 0.25) is 0 Å². The SMILES string of the molecule is CCN(C)CC(F)(F)C(C)N. The second-order valence-corrected chi connectivity index (χ2v) is 2.88. The van der Waals surface area contributed by atoms with E-state index in [4.69, 9.17) is 5.73 Å². The summed E-state index contributed by atoms with van der Waals surface area (Å²) < 4.78 is 25.6. The first-order valence-electron chi connectivity index (χ1n) is 3.72. The Labute approximate surface area is 66.4 Å². The molecule has 4 heteroatoms. The zero-order valence-corrected chi connectivity index (χ0v) is 7.27. The number of nitrogens with zero attached hydrogens (tertiary/aromatic N) is 1. The van der Waals surface area contributed by atoms with Crippen molar-refractivity contribution in [3.05, 3.63) is 0 Å². The summed E-state index contributed by atoms with van der Waals surface area (Å²) in [6, 6.07) is -1.07. The van der Waals surface area contributed by atoms with Gasteiger partial charge in [-0.1, -0.05) is 6.92 Å². The Morgan fingerprint density at radius 1 is 1.55 bits per heavy atom. The lowest BCUT2D eigenvalue weighted by Crippen LogP contribution is -2.46. The predicted molar refractivity (Wildman–Crippen MR) is 41.8 cm³/mol. The van der Waals surface area contributed by atoms with Gasteiger partial charge >= 0.3 is 0 Å². The topological polar surface area (TPSA) is 29.3 Å². The van der Waals surface area contributed by atoms with Crippen LogP contribution >= 0.6 is 0 Å². The molecule has 0 radical (unpaired) electrons. The van der Waals surface area contributed by atoms with E-state index in [1.165, 1.54) is 6.92 Å². The summed E-state index contributed by atoms with van der Waals surface area (Å²) in [5, 5.41) is 0. The van der Waals surface area contributed by atoms with Gasteiger partial charge < -0.3 is 10.6 Å². The largest absolute Gasteiger partial charge is 0.323 e. The first-order chi connectivity index (χ1) is 4.90. The van der Waals surface area contributed by atoms with Gasteiger partial charge in [-0.05, 0) is 20.5 Å². The molecule has 0 aliphatic carbocycles. The third-order valence-corrected chi connectivity index (χ3v) is 1.69. The molecule has 68 valence electrons. The lowest BCUT2D eigenvalue weighted by molar-refractivity contribution is -0.0431. The molecule has 0 aromatic rings. The molecule has 0 aliphatic rings. The molecule has 0 aliphatic heterocycles. The minimum Gasteiger partial charge on any atom is -0.323 e. The molecule has 0 aromatic carbocycles. The van der Waals surface area contributed by atoms with Gasteiger partial charge in [0.05, 0.1) is 12.6 Å². The maximum Gasteiger partial charge on any atom is 0.274 e. The fraction of sp³-hybridized carbons (Fsp3) is 1.00. The molecule has 1 atom stereocenters. The van der Waals surface area contributed by atoms with Crippen molar-refractivity contribution in [2.24, 2.45) is 5.73 Å². The minimum atomic E-state index is -2.77. The van der Waals surface area contributed by atoms with E-state index in [1.807, 2.05) is 6.92 Å². The van der Waals surface area contributed by atoms with Gasteiger partial charge in [0, 0.05) is 0 Å². The molecule has 11 heavy (non-hydrogen) atoms. The zero-order chi connectivity index (χ0) is 9.07. The van der Waals surface area contributed by atoms with Crippen molar-refractivity contribution in [2.75, 3.05) is 20.1 Å². The summed E-state index contributed by atoms with van der Waals surface area (Å²) in [5.74, 6) is -2.77. The van der Waals surface area contributed by atoms with Crippen molar-refractivity contribution in [2.45, 2.75) is 25.8 Å². The second-order valence-electron chi connectivity index (χ2n) is 2.88. The Bertz CT molecular complexity index is 115. The van der Waals surface area contributed by atoms with E-state index < -0.39 is 12.0 Å². The quantitative estimate of drug-likeness (QED) is 0.673. The van der Waals surface area contributed by atoms with Crippen molar-refractivity contribution in [1.29, 1.82) is 0 Å². The molecule has 0 rings (SSSR count). The predicted octanol–water partition coefficient (Wildman–Crippen LogP) is 0.921. The lowest BCUT2D eigenvalue weighted by Gasteiger charge is -2.25. The Kier molecular flexibility index (Phi) is 3.89. The third kappa shape index (κ3) is 3.62. The van der Waals surface area contributed by atoms with Gasteiger partial charge in [-0.2, -0.15) is 0 Å². The van der Waals surface area contributed by atoms with E-state index in [2.05, 4.69) is 0 Å². The summed E-state index contributed by atoms with van der Waals surface area (Å²) in [6.45, 7) is 3.50. The van der Waals surface area contributed by atoms with Crippen LogP contribution in [0.5, 0.6) is 0 Å². The molecule has 2 N–H and O–H groups in total. The van der Waals surface area contributed by atoms with Crippen molar-refractivity contribution in [3.63, 3.8) is 0 Å². The number of alkyl halides is 2. The van der Waals surface area contributed by atoms with Crippen LogP contribution in [0.25, 0.3) is 0 Å². The summed E-state index contributed by atoms with van der Waals surface area (Å²) in [4.78, 5) is 1.54. The van der Waals surface area contributed by atoms with E-state index in [-0.39, 0.29) is 6.54 Å². The van der Waals surface area contributed by atoms with Crippen LogP contribution in [0.3, 0.4) is 0 Å². The van der Waals surface area contributed by atoms with Gasteiger partial charge in [-0.25, -0.2) is 8.78 Å². The molecule has 0 amide bonds. The van der Waals surface area contributed by atoms with Crippen LogP contribution in [-0.4, -0.2) is 37.0 Å². The first kappa shape index (κ1) is 10.8. The van der Waals surface area contributed by atoms with Crippen LogP contribution in [0.15, 0.2) is 0 Å². The lowest BCUT2D eigenvalue weighted by atomic mass is 10.2. The molecule has 0 saturated heterocycles. The molecule has 1 unspecified atom stereocenters. The van der Waals surface area contributed by atoms with Crippen LogP contribution in [-0.2, 0) is 0 Å². The van der Waals surface area contributed by atoms with Gasteiger partial charge in [0.25, 0.3) is 5.92 Å². The van der Waals surface area contributed by atoms with Gasteiger partial charge in [0.2, 0.25) is 0 Å². The van der Waals surface area contributed by atoms with Gasteiger partial charge in [-0.3, -0.25) is 0 Å². The highest BCUT2D eigenvalue weighted by Gasteiger charge is 2.34. The average molecular weight is 166 g/mol. The molecule has 0 heterocycles. The smallest absolute Gasteiger partial charge is 0.274 e. The number of hydrogen-bond acceptors (Lipinski definition) is 2. The third-order valence-electron chi connectivity index (χ3n) is 1.69. The number of halogens is 2. The number of hydrogen-bond donors (Lipinski definition) is 1. The first-order valence-corrected chi connectivity index (χ1v) is 3.72. The van der Waals surface area contributed by atoms with Crippen LogP contribution < -0.4 is 5.73 Å². The maximum absolute atomic E-state index is 12.8. The molecule has 0 saturated carbocycles. The maximum atomic E-state index is 12.8. The van der Waals surface area contributed by atoms with Gasteiger partial charge in [0.15, 0.2) is 0 Å². The molecule has 0 fully saturated rings. The Hall–Kier alpha value is -0.220. The summed E-state index contributed by atoms with van der Waals surface area (Å²) >= 11 is 0. The minimum absolute atomic E-state index is 0.263. The van der Waals surface area contributed by atoms with Gasteiger partial charge in [-0.15, -0.1) is 0 Å². The molecular weight excluding hydrogens is 150 g/mol. The fourth-order valence-corrected chi connectivity index (χ4v) is 0.616. The normalized spacial score (nSPS) is 15.5. The highest BCUT2D eigenvalue weighted by Crippen LogP contribution is 2.17. The van der Waals surface area contributed by atoms with Crippen molar-refractivity contribution >= 4 is 0 Å². The summed E-state index contributed by atoms with van der Waals surface area (Å²) in [5.41, 5.74) is 5.10. The summed E-state index contributed by atoms with van der Waals surface area (Å²) in [6.07, 6.45) is 0. The number of nitrogens with two attached hydrogens (primary N) is 1.